The summed E-state index contributed by atoms with van der Waals surface area (Å²) in [6.45, 7) is 13.7. The Morgan fingerprint density at radius 2 is 1.80 bits per heavy atom. The standard InChI is InChI=1S/C14H25N5S/c1-13(2,3)7-9(8-15)10-18-19-11(14(4,5)6)16-17-12(19)20-10/h9H,7-8,15H2,1-6H3. The molecule has 5 nitrogen and oxygen atoms in total. The van der Waals surface area contributed by atoms with Crippen molar-refractivity contribution in [2.24, 2.45) is 11.1 Å². The minimum absolute atomic E-state index is 0.0625. The zero-order valence-corrected chi connectivity index (χ0v) is 14.1. The predicted octanol–water partition coefficient (Wildman–Crippen LogP) is 2.96. The molecular formula is C14H25N5S. The molecule has 0 bridgehead atoms. The molecular weight excluding hydrogens is 270 g/mol. The van der Waals surface area contributed by atoms with Crippen molar-refractivity contribution in [3.63, 3.8) is 0 Å². The third-order valence-corrected chi connectivity index (χ3v) is 4.23. The summed E-state index contributed by atoms with van der Waals surface area (Å²) in [6.07, 6.45) is 1.03. The first-order valence-corrected chi connectivity index (χ1v) is 7.86. The Bertz CT molecular complexity index is 585. The summed E-state index contributed by atoms with van der Waals surface area (Å²) in [7, 11) is 0. The van der Waals surface area contributed by atoms with Crippen LogP contribution in [0.2, 0.25) is 0 Å². The minimum Gasteiger partial charge on any atom is -0.330 e. The maximum atomic E-state index is 5.95. The monoisotopic (exact) mass is 295 g/mol. The van der Waals surface area contributed by atoms with E-state index in [0.29, 0.717) is 6.54 Å². The van der Waals surface area contributed by atoms with E-state index in [2.05, 4.69) is 51.7 Å². The molecule has 0 aromatic carbocycles. The van der Waals surface area contributed by atoms with Gasteiger partial charge in [0.2, 0.25) is 4.96 Å². The second-order valence-electron chi connectivity index (χ2n) is 7.61. The molecule has 0 aliphatic carbocycles. The van der Waals surface area contributed by atoms with Crippen molar-refractivity contribution < 1.29 is 0 Å². The second-order valence-corrected chi connectivity index (χ2v) is 8.59. The van der Waals surface area contributed by atoms with Gasteiger partial charge in [-0.15, -0.1) is 10.2 Å². The molecule has 0 spiro atoms. The second kappa shape index (κ2) is 5.07. The SMILES string of the molecule is CC(C)(C)CC(CN)c1nn2c(C(C)(C)C)nnc2s1. The van der Waals surface area contributed by atoms with Gasteiger partial charge in [0, 0.05) is 17.9 Å². The van der Waals surface area contributed by atoms with Gasteiger partial charge in [0.15, 0.2) is 5.82 Å². The Kier molecular flexibility index (Phi) is 3.90. The zero-order chi connectivity index (χ0) is 15.1. The molecule has 0 aliphatic heterocycles. The number of hydrogen-bond donors (Lipinski definition) is 1. The lowest BCUT2D eigenvalue weighted by Crippen LogP contribution is -2.20. The van der Waals surface area contributed by atoms with Crippen molar-refractivity contribution >= 4 is 16.3 Å². The van der Waals surface area contributed by atoms with Crippen LogP contribution in [0.5, 0.6) is 0 Å². The normalized spacial score (nSPS) is 14.9. The van der Waals surface area contributed by atoms with Gasteiger partial charge in [-0.05, 0) is 11.8 Å². The van der Waals surface area contributed by atoms with Crippen LogP contribution >= 0.6 is 11.3 Å². The molecule has 2 aromatic heterocycles. The lowest BCUT2D eigenvalue weighted by atomic mass is 9.85. The van der Waals surface area contributed by atoms with E-state index in [1.54, 1.807) is 11.3 Å². The van der Waals surface area contributed by atoms with E-state index in [-0.39, 0.29) is 16.7 Å². The third-order valence-electron chi connectivity index (χ3n) is 3.17. The number of aromatic nitrogens is 4. The molecule has 2 heterocycles. The Morgan fingerprint density at radius 3 is 2.30 bits per heavy atom. The van der Waals surface area contributed by atoms with Crippen LogP contribution in [-0.2, 0) is 5.41 Å². The summed E-state index contributed by atoms with van der Waals surface area (Å²) in [5.74, 6) is 1.19. The first kappa shape index (κ1) is 15.4. The maximum Gasteiger partial charge on any atom is 0.234 e. The molecule has 0 aliphatic rings. The zero-order valence-electron chi connectivity index (χ0n) is 13.3. The van der Waals surface area contributed by atoms with Crippen LogP contribution in [0.15, 0.2) is 0 Å². The predicted molar refractivity (Wildman–Crippen MR) is 83.2 cm³/mol. The van der Waals surface area contributed by atoms with Crippen LogP contribution in [0.3, 0.4) is 0 Å². The number of rotatable bonds is 3. The molecule has 2 aromatic rings. The van der Waals surface area contributed by atoms with Crippen LogP contribution in [0.25, 0.3) is 4.96 Å². The van der Waals surface area contributed by atoms with Gasteiger partial charge in [-0.2, -0.15) is 9.61 Å². The summed E-state index contributed by atoms with van der Waals surface area (Å²) >= 11 is 1.61. The Morgan fingerprint density at radius 1 is 1.15 bits per heavy atom. The lowest BCUT2D eigenvalue weighted by Gasteiger charge is -2.23. The van der Waals surface area contributed by atoms with Gasteiger partial charge in [0.1, 0.15) is 5.01 Å². The van der Waals surface area contributed by atoms with E-state index in [4.69, 9.17) is 10.8 Å². The smallest absolute Gasteiger partial charge is 0.234 e. The van der Waals surface area contributed by atoms with Gasteiger partial charge < -0.3 is 5.73 Å². The van der Waals surface area contributed by atoms with Crippen molar-refractivity contribution in [3.05, 3.63) is 10.8 Å². The number of fused-ring (bicyclic) bond motifs is 1. The van der Waals surface area contributed by atoms with Crippen LogP contribution in [0.4, 0.5) is 0 Å². The van der Waals surface area contributed by atoms with Gasteiger partial charge in [-0.3, -0.25) is 0 Å². The highest BCUT2D eigenvalue weighted by molar-refractivity contribution is 7.16. The van der Waals surface area contributed by atoms with Crippen LogP contribution in [0.1, 0.15) is 64.7 Å². The Labute approximate surface area is 124 Å². The molecule has 0 amide bonds. The molecule has 0 saturated heterocycles. The van der Waals surface area contributed by atoms with Crippen LogP contribution in [-0.4, -0.2) is 26.4 Å². The minimum atomic E-state index is -0.0625. The fraction of sp³-hybridized carbons (Fsp3) is 0.786. The van der Waals surface area contributed by atoms with E-state index in [9.17, 15) is 0 Å². The highest BCUT2D eigenvalue weighted by Gasteiger charge is 2.26. The van der Waals surface area contributed by atoms with Crippen molar-refractivity contribution in [1.29, 1.82) is 0 Å². The third kappa shape index (κ3) is 3.17. The van der Waals surface area contributed by atoms with Crippen molar-refractivity contribution in [1.82, 2.24) is 19.8 Å². The van der Waals surface area contributed by atoms with Gasteiger partial charge in [-0.25, -0.2) is 0 Å². The summed E-state index contributed by atoms with van der Waals surface area (Å²) in [4.78, 5) is 0.859. The van der Waals surface area contributed by atoms with E-state index >= 15 is 0 Å². The highest BCUT2D eigenvalue weighted by atomic mass is 32.1. The number of nitrogens with zero attached hydrogens (tertiary/aromatic N) is 4. The Balaban J connectivity index is 2.38. The number of nitrogens with two attached hydrogens (primary N) is 1. The van der Waals surface area contributed by atoms with Crippen molar-refractivity contribution in [3.8, 4) is 0 Å². The molecule has 0 saturated carbocycles. The van der Waals surface area contributed by atoms with Gasteiger partial charge in [-0.1, -0.05) is 52.9 Å². The van der Waals surface area contributed by atoms with Crippen LogP contribution < -0.4 is 5.73 Å². The van der Waals surface area contributed by atoms with Gasteiger partial charge in [0.05, 0.1) is 0 Å². The van der Waals surface area contributed by atoms with E-state index < -0.39 is 0 Å². The lowest BCUT2D eigenvalue weighted by molar-refractivity contribution is 0.340. The molecule has 2 rings (SSSR count). The molecule has 2 N–H and O–H groups in total. The van der Waals surface area contributed by atoms with E-state index in [1.165, 1.54) is 0 Å². The first-order chi connectivity index (χ1) is 9.12. The molecule has 0 fully saturated rings. The highest BCUT2D eigenvalue weighted by Crippen LogP contribution is 2.33. The summed E-state index contributed by atoms with van der Waals surface area (Å²) in [5.41, 5.74) is 6.12. The maximum absolute atomic E-state index is 5.95. The molecule has 20 heavy (non-hydrogen) atoms. The van der Waals surface area contributed by atoms with Gasteiger partial charge >= 0.3 is 0 Å². The summed E-state index contributed by atoms with van der Waals surface area (Å²) < 4.78 is 1.88. The largest absolute Gasteiger partial charge is 0.330 e. The quantitative estimate of drug-likeness (QED) is 0.945. The molecule has 0 radical (unpaired) electrons. The molecule has 6 heteroatoms. The van der Waals surface area contributed by atoms with E-state index in [0.717, 1.165) is 22.2 Å². The average Bonchev–Trinajstić information content (AvgIpc) is 2.81. The number of hydrogen-bond acceptors (Lipinski definition) is 5. The first-order valence-electron chi connectivity index (χ1n) is 7.04. The average molecular weight is 295 g/mol. The van der Waals surface area contributed by atoms with Crippen LogP contribution in [0, 0.1) is 5.41 Å². The van der Waals surface area contributed by atoms with Crippen molar-refractivity contribution in [2.45, 2.75) is 59.3 Å². The fourth-order valence-corrected chi connectivity index (χ4v) is 3.23. The Hall–Kier alpha value is -1.01. The molecule has 1 atom stereocenters. The topological polar surface area (TPSA) is 69.1 Å². The summed E-state index contributed by atoms with van der Waals surface area (Å²) in [6, 6.07) is 0. The summed E-state index contributed by atoms with van der Waals surface area (Å²) in [5, 5.41) is 14.3. The van der Waals surface area contributed by atoms with Gasteiger partial charge in [0.25, 0.3) is 0 Å². The van der Waals surface area contributed by atoms with Crippen molar-refractivity contribution in [2.75, 3.05) is 6.54 Å². The molecule has 1 unspecified atom stereocenters. The fourth-order valence-electron chi connectivity index (χ4n) is 2.28. The molecule has 112 valence electrons. The van der Waals surface area contributed by atoms with E-state index in [1.807, 2.05) is 4.52 Å².